The molecule has 36 heavy (non-hydrogen) atoms. The smallest absolute Gasteiger partial charge is 0.234 e. The predicted molar refractivity (Wildman–Crippen MR) is 139 cm³/mol. The van der Waals surface area contributed by atoms with Crippen molar-refractivity contribution in [3.63, 3.8) is 0 Å². The molecule has 2 aliphatic heterocycles. The number of imide groups is 1. The Morgan fingerprint density at radius 1 is 0.806 bits per heavy atom. The maximum atomic E-state index is 13.5. The number of anilines is 1. The summed E-state index contributed by atoms with van der Waals surface area (Å²) in [6, 6.07) is 14.6. The van der Waals surface area contributed by atoms with Gasteiger partial charge >= 0.3 is 0 Å². The normalized spacial score (nSPS) is 19.4. The van der Waals surface area contributed by atoms with Gasteiger partial charge in [0.1, 0.15) is 17.2 Å². The van der Waals surface area contributed by atoms with Crippen molar-refractivity contribution in [3.8, 4) is 5.75 Å². The molecule has 186 valence electrons. The van der Waals surface area contributed by atoms with Crippen LogP contribution in [0.3, 0.4) is 0 Å². The molecule has 4 nitrogen and oxygen atoms in total. The van der Waals surface area contributed by atoms with Crippen LogP contribution in [0.1, 0.15) is 77.5 Å². The number of hydrogen-bond acceptors (Lipinski definition) is 3. The molecule has 0 unspecified atom stereocenters. The van der Waals surface area contributed by atoms with Crippen LogP contribution in [0, 0.1) is 33.5 Å². The van der Waals surface area contributed by atoms with Gasteiger partial charge in [-0.2, -0.15) is 0 Å². The van der Waals surface area contributed by atoms with Gasteiger partial charge in [0.2, 0.25) is 11.8 Å². The van der Waals surface area contributed by atoms with Gasteiger partial charge in [-0.3, -0.25) is 9.59 Å². The Balaban J connectivity index is 1.59. The summed E-state index contributed by atoms with van der Waals surface area (Å²) in [6.07, 6.45) is 0.408. The lowest BCUT2D eigenvalue weighted by molar-refractivity contribution is -0.129. The quantitative estimate of drug-likeness (QED) is 0.383. The molecular weight excluding hydrogens is 453 g/mol. The van der Waals surface area contributed by atoms with E-state index in [-0.39, 0.29) is 42.3 Å². The van der Waals surface area contributed by atoms with Crippen LogP contribution < -0.4 is 9.64 Å². The first-order chi connectivity index (χ1) is 17.0. The lowest BCUT2D eigenvalue weighted by atomic mass is 9.78. The molecule has 3 aromatic rings. The fourth-order valence-corrected chi connectivity index (χ4v) is 5.98. The van der Waals surface area contributed by atoms with Gasteiger partial charge in [-0.05, 0) is 81.5 Å². The van der Waals surface area contributed by atoms with Gasteiger partial charge in [0, 0.05) is 24.3 Å². The molecular formula is C31H32FNO3. The second-order valence-corrected chi connectivity index (χ2v) is 10.8. The van der Waals surface area contributed by atoms with E-state index in [4.69, 9.17) is 4.74 Å². The number of carbonyl (C=O) groups excluding carboxylic acids is 2. The summed E-state index contributed by atoms with van der Waals surface area (Å²) in [7, 11) is 0. The first kappa shape index (κ1) is 24.2. The van der Waals surface area contributed by atoms with Crippen molar-refractivity contribution >= 4 is 17.5 Å². The highest BCUT2D eigenvalue weighted by molar-refractivity contribution is 6.18. The third-order valence-corrected chi connectivity index (χ3v) is 7.93. The molecule has 5 rings (SSSR count). The molecule has 0 saturated carbocycles. The van der Waals surface area contributed by atoms with E-state index in [1.54, 1.807) is 12.1 Å². The topological polar surface area (TPSA) is 46.6 Å². The van der Waals surface area contributed by atoms with Crippen molar-refractivity contribution in [3.05, 3.63) is 93.3 Å². The molecule has 0 radical (unpaired) electrons. The van der Waals surface area contributed by atoms with Crippen molar-refractivity contribution in [2.24, 2.45) is 0 Å². The van der Waals surface area contributed by atoms with E-state index in [2.05, 4.69) is 45.0 Å². The standard InChI is InChI=1S/C31H32FNO3/c1-17-7-9-22(10-8-17)28-27-20(4)29(18(2)19(3)30(27)36-31(28,5)6)33-25(34)15-23(16-26(33)35)21-11-13-24(32)14-12-21/h7-14,23,28H,15-16H2,1-6H3/t28-/m1/s1. The summed E-state index contributed by atoms with van der Waals surface area (Å²) < 4.78 is 19.9. The zero-order valence-electron chi connectivity index (χ0n) is 21.7. The van der Waals surface area contributed by atoms with E-state index >= 15 is 0 Å². The number of carbonyl (C=O) groups is 2. The number of benzene rings is 3. The second-order valence-electron chi connectivity index (χ2n) is 10.8. The average molecular weight is 486 g/mol. The van der Waals surface area contributed by atoms with Crippen LogP contribution >= 0.6 is 0 Å². The summed E-state index contributed by atoms with van der Waals surface area (Å²) in [5, 5.41) is 0. The average Bonchev–Trinajstić information content (AvgIpc) is 3.11. The maximum absolute atomic E-state index is 13.5. The Hall–Kier alpha value is -3.47. The van der Waals surface area contributed by atoms with Crippen LogP contribution in [0.2, 0.25) is 0 Å². The molecule has 1 fully saturated rings. The predicted octanol–water partition coefficient (Wildman–Crippen LogP) is 6.80. The molecule has 0 bridgehead atoms. The molecule has 2 amide bonds. The molecule has 2 aliphatic rings. The highest BCUT2D eigenvalue weighted by Gasteiger charge is 2.46. The summed E-state index contributed by atoms with van der Waals surface area (Å²) in [5.41, 5.74) is 7.13. The van der Waals surface area contributed by atoms with Gasteiger partial charge in [-0.15, -0.1) is 0 Å². The van der Waals surface area contributed by atoms with Crippen molar-refractivity contribution in [2.75, 3.05) is 4.90 Å². The number of rotatable bonds is 3. The van der Waals surface area contributed by atoms with Crippen molar-refractivity contribution in [2.45, 2.75) is 71.8 Å². The van der Waals surface area contributed by atoms with E-state index in [1.807, 2.05) is 20.8 Å². The van der Waals surface area contributed by atoms with Crippen LogP contribution in [0.5, 0.6) is 5.75 Å². The van der Waals surface area contributed by atoms with Crippen LogP contribution in [-0.2, 0) is 9.59 Å². The van der Waals surface area contributed by atoms with E-state index < -0.39 is 5.60 Å². The Bertz CT molecular complexity index is 1350. The molecule has 1 saturated heterocycles. The SMILES string of the molecule is Cc1ccc([C@@H]2c3c(C)c(N4C(=O)CC(c5ccc(F)cc5)CC4=O)c(C)c(C)c3OC2(C)C)cc1. The van der Waals surface area contributed by atoms with Gasteiger partial charge in [0.15, 0.2) is 0 Å². The van der Waals surface area contributed by atoms with Gasteiger partial charge in [0.25, 0.3) is 0 Å². The number of fused-ring (bicyclic) bond motifs is 1. The molecule has 0 spiro atoms. The van der Waals surface area contributed by atoms with Crippen LogP contribution in [0.4, 0.5) is 10.1 Å². The van der Waals surface area contributed by atoms with Gasteiger partial charge in [0.05, 0.1) is 11.6 Å². The third kappa shape index (κ3) is 3.82. The van der Waals surface area contributed by atoms with Crippen molar-refractivity contribution < 1.29 is 18.7 Å². The maximum Gasteiger partial charge on any atom is 0.234 e. The number of piperidine rings is 1. The van der Waals surface area contributed by atoms with Crippen molar-refractivity contribution in [1.29, 1.82) is 0 Å². The van der Waals surface area contributed by atoms with E-state index in [0.29, 0.717) is 5.69 Å². The van der Waals surface area contributed by atoms with Gasteiger partial charge < -0.3 is 4.74 Å². The van der Waals surface area contributed by atoms with Gasteiger partial charge in [-0.25, -0.2) is 9.29 Å². The highest BCUT2D eigenvalue weighted by Crippen LogP contribution is 2.54. The minimum atomic E-state index is -0.484. The van der Waals surface area contributed by atoms with E-state index in [0.717, 1.165) is 39.1 Å². The molecule has 1 atom stereocenters. The summed E-state index contributed by atoms with van der Waals surface area (Å²) in [5.74, 6) is -0.214. The zero-order valence-corrected chi connectivity index (χ0v) is 21.7. The Labute approximate surface area is 212 Å². The molecule has 0 aromatic heterocycles. The first-order valence-corrected chi connectivity index (χ1v) is 12.5. The largest absolute Gasteiger partial charge is 0.486 e. The molecule has 3 aromatic carbocycles. The number of amides is 2. The number of nitrogens with zero attached hydrogens (tertiary/aromatic N) is 1. The Morgan fingerprint density at radius 2 is 1.36 bits per heavy atom. The lowest BCUT2D eigenvalue weighted by Gasteiger charge is -2.33. The minimum absolute atomic E-state index is 0.0342. The first-order valence-electron chi connectivity index (χ1n) is 12.5. The fourth-order valence-electron chi connectivity index (χ4n) is 5.98. The fraction of sp³-hybridized carbons (Fsp3) is 0.355. The van der Waals surface area contributed by atoms with Crippen LogP contribution in [-0.4, -0.2) is 17.4 Å². The second kappa shape index (κ2) is 8.58. The Kier molecular flexibility index (Phi) is 5.77. The summed E-state index contributed by atoms with van der Waals surface area (Å²) >= 11 is 0. The molecule has 0 aliphatic carbocycles. The van der Waals surface area contributed by atoms with Crippen LogP contribution in [0.15, 0.2) is 48.5 Å². The number of hydrogen-bond donors (Lipinski definition) is 0. The zero-order chi connectivity index (χ0) is 25.9. The van der Waals surface area contributed by atoms with Crippen LogP contribution in [0.25, 0.3) is 0 Å². The molecule has 5 heteroatoms. The van der Waals surface area contributed by atoms with Crippen molar-refractivity contribution in [1.82, 2.24) is 0 Å². The highest BCUT2D eigenvalue weighted by atomic mass is 19.1. The van der Waals surface area contributed by atoms with E-state index in [9.17, 15) is 14.0 Å². The van der Waals surface area contributed by atoms with E-state index in [1.165, 1.54) is 22.6 Å². The Morgan fingerprint density at radius 3 is 1.94 bits per heavy atom. The lowest BCUT2D eigenvalue weighted by Crippen LogP contribution is -2.43. The summed E-state index contributed by atoms with van der Waals surface area (Å²) in [4.78, 5) is 28.4. The minimum Gasteiger partial charge on any atom is -0.486 e. The van der Waals surface area contributed by atoms with Gasteiger partial charge in [-0.1, -0.05) is 42.0 Å². The number of aryl methyl sites for hydroxylation is 1. The monoisotopic (exact) mass is 485 g/mol. The number of ether oxygens (including phenoxy) is 1. The third-order valence-electron chi connectivity index (χ3n) is 7.93. The summed E-state index contributed by atoms with van der Waals surface area (Å²) in [6.45, 7) is 12.2. The molecule has 0 N–H and O–H groups in total. The number of halogens is 1. The molecule has 2 heterocycles.